The number of fused-ring (bicyclic) bond motifs is 4. The maximum Gasteiger partial charge on any atom is 0.261 e. The Morgan fingerprint density at radius 3 is 2.54 bits per heavy atom. The molecule has 0 bridgehead atoms. The van der Waals surface area contributed by atoms with Crippen molar-refractivity contribution in [3.05, 3.63) is 93.6 Å². The Morgan fingerprint density at radius 1 is 1.02 bits per heavy atom. The van der Waals surface area contributed by atoms with Gasteiger partial charge in [-0.3, -0.25) is 4.79 Å². The van der Waals surface area contributed by atoms with Crippen molar-refractivity contribution in [1.29, 1.82) is 0 Å². The van der Waals surface area contributed by atoms with Crippen LogP contribution in [0.4, 0.5) is 5.82 Å². The molecule has 0 aliphatic heterocycles. The molecule has 0 radical (unpaired) electrons. The summed E-state index contributed by atoms with van der Waals surface area (Å²) in [6.07, 6.45) is 3.26. The van der Waals surface area contributed by atoms with Crippen LogP contribution in [0.5, 0.6) is 5.75 Å². The van der Waals surface area contributed by atoms with Gasteiger partial charge in [-0.25, -0.2) is 14.6 Å². The predicted molar refractivity (Wildman–Crippen MR) is 188 cm³/mol. The van der Waals surface area contributed by atoms with E-state index in [0.717, 1.165) is 62.6 Å². The lowest BCUT2D eigenvalue weighted by Gasteiger charge is -2.33. The van der Waals surface area contributed by atoms with Crippen molar-refractivity contribution < 1.29 is 9.53 Å². The summed E-state index contributed by atoms with van der Waals surface area (Å²) in [6.45, 7) is 10.3. The number of carbonyl (C=O) groups excluding carboxylic acids is 1. The topological polar surface area (TPSA) is 94.0 Å². The van der Waals surface area contributed by atoms with Crippen molar-refractivity contribution in [1.82, 2.24) is 25.1 Å². The molecule has 4 heterocycles. The molecule has 0 saturated carbocycles. The fourth-order valence-corrected chi connectivity index (χ4v) is 8.58. The predicted octanol–water partition coefficient (Wildman–Crippen LogP) is 7.97. The van der Waals surface area contributed by atoms with Crippen LogP contribution in [0.2, 0.25) is 0 Å². The Kier molecular flexibility index (Phi) is 8.25. The van der Waals surface area contributed by atoms with Crippen molar-refractivity contribution in [2.75, 3.05) is 18.4 Å². The maximum absolute atomic E-state index is 13.2. The number of hydrogen-bond acceptors (Lipinski definition) is 8. The molecule has 0 saturated heterocycles. The minimum atomic E-state index is -0.0899. The lowest BCUT2D eigenvalue weighted by Crippen LogP contribution is -2.28. The van der Waals surface area contributed by atoms with Crippen LogP contribution >= 0.6 is 22.7 Å². The van der Waals surface area contributed by atoms with Gasteiger partial charge in [-0.2, -0.15) is 5.10 Å². The number of nitrogens with one attached hydrogen (secondary N) is 2. The second-order valence-electron chi connectivity index (χ2n) is 12.9. The molecule has 2 aromatic carbocycles. The van der Waals surface area contributed by atoms with E-state index in [2.05, 4.69) is 31.4 Å². The van der Waals surface area contributed by atoms with E-state index in [1.54, 1.807) is 11.3 Å². The van der Waals surface area contributed by atoms with Crippen LogP contribution in [-0.4, -0.2) is 38.7 Å². The third-order valence-electron chi connectivity index (χ3n) is 8.76. The van der Waals surface area contributed by atoms with Crippen LogP contribution in [0, 0.1) is 18.3 Å². The molecule has 4 aromatic heterocycles. The third kappa shape index (κ3) is 6.11. The molecule has 0 fully saturated rings. The Bertz CT molecular complexity index is 2010. The summed E-state index contributed by atoms with van der Waals surface area (Å²) < 4.78 is 7.93. The Hall–Kier alpha value is -4.28. The van der Waals surface area contributed by atoms with Gasteiger partial charge < -0.3 is 15.4 Å². The largest absolute Gasteiger partial charge is 0.486 e. The molecule has 1 amide bonds. The number of para-hydroxylation sites is 2. The number of amides is 1. The van der Waals surface area contributed by atoms with Gasteiger partial charge in [0.25, 0.3) is 5.91 Å². The number of benzene rings is 2. The Labute approximate surface area is 276 Å². The number of aryl methyl sites for hydroxylation is 2. The average molecular weight is 651 g/mol. The molecule has 46 heavy (non-hydrogen) atoms. The highest BCUT2D eigenvalue weighted by Gasteiger charge is 2.32. The molecule has 1 atom stereocenters. The Morgan fingerprint density at radius 2 is 1.78 bits per heavy atom. The fourth-order valence-electron chi connectivity index (χ4n) is 6.17. The van der Waals surface area contributed by atoms with E-state index in [1.807, 2.05) is 78.3 Å². The monoisotopic (exact) mass is 650 g/mol. The molecule has 1 aliphatic carbocycles. The van der Waals surface area contributed by atoms with E-state index in [0.29, 0.717) is 29.7 Å². The first-order valence-corrected chi connectivity index (χ1v) is 17.4. The molecular formula is C36H38N6O2S2. The highest BCUT2D eigenvalue weighted by molar-refractivity contribution is 7.20. The van der Waals surface area contributed by atoms with Crippen molar-refractivity contribution in [3.63, 3.8) is 0 Å². The minimum absolute atomic E-state index is 0.0899. The van der Waals surface area contributed by atoms with Crippen LogP contribution in [0.3, 0.4) is 0 Å². The van der Waals surface area contributed by atoms with Crippen LogP contribution in [0.1, 0.15) is 58.8 Å². The van der Waals surface area contributed by atoms with E-state index < -0.39 is 0 Å². The summed E-state index contributed by atoms with van der Waals surface area (Å²) in [5, 5.41) is 13.5. The van der Waals surface area contributed by atoms with E-state index in [4.69, 9.17) is 19.8 Å². The number of rotatable bonds is 9. The summed E-state index contributed by atoms with van der Waals surface area (Å²) in [4.78, 5) is 27.2. The van der Waals surface area contributed by atoms with Crippen molar-refractivity contribution >= 4 is 54.8 Å². The van der Waals surface area contributed by atoms with E-state index >= 15 is 0 Å². The van der Waals surface area contributed by atoms with Gasteiger partial charge in [0.15, 0.2) is 5.82 Å². The summed E-state index contributed by atoms with van der Waals surface area (Å²) in [5.74, 6) is 2.80. The number of ether oxygens (including phenoxy) is 1. The molecule has 0 unspecified atom stereocenters. The Balaban J connectivity index is 1.08. The van der Waals surface area contributed by atoms with Gasteiger partial charge >= 0.3 is 0 Å². The molecule has 236 valence electrons. The molecule has 8 nitrogen and oxygen atoms in total. The van der Waals surface area contributed by atoms with Crippen LogP contribution in [0.25, 0.3) is 26.1 Å². The standard InChI is InChI=1S/C36H38N6O2S2/c1-22-27-20-29(46-35(27)42(41-22)24-11-7-5-8-12-24)33(43)38-18-17-37-32-31-26-16-15-23(36(2,3)4)19-28(26)45-34(31)40-30(39-32)21-44-25-13-9-6-10-14-25/h5-14,20,23H,15-19,21H2,1-4H3,(H,38,43)(H,37,39,40)/t23-/m1/s1. The van der Waals surface area contributed by atoms with Gasteiger partial charge in [0.2, 0.25) is 0 Å². The van der Waals surface area contributed by atoms with Crippen molar-refractivity contribution in [3.8, 4) is 11.4 Å². The number of nitrogens with zero attached hydrogens (tertiary/aromatic N) is 4. The van der Waals surface area contributed by atoms with E-state index in [1.165, 1.54) is 21.8 Å². The van der Waals surface area contributed by atoms with Gasteiger partial charge in [-0.05, 0) is 73.4 Å². The minimum Gasteiger partial charge on any atom is -0.486 e. The number of thiophene rings is 2. The first-order chi connectivity index (χ1) is 22.2. The van der Waals surface area contributed by atoms with Crippen LogP contribution in [-0.2, 0) is 19.4 Å². The maximum atomic E-state index is 13.2. The molecule has 2 N–H and O–H groups in total. The third-order valence-corrected chi connectivity index (χ3v) is 11.0. The molecule has 7 rings (SSSR count). The zero-order chi connectivity index (χ0) is 31.8. The first kappa shape index (κ1) is 30.4. The number of hydrogen-bond donors (Lipinski definition) is 2. The van der Waals surface area contributed by atoms with Gasteiger partial charge in [0, 0.05) is 23.4 Å². The summed E-state index contributed by atoms with van der Waals surface area (Å²) in [5.41, 5.74) is 3.52. The number of carbonyl (C=O) groups is 1. The highest BCUT2D eigenvalue weighted by Crippen LogP contribution is 2.44. The average Bonchev–Trinajstić information content (AvgIpc) is 3.75. The molecule has 6 aromatic rings. The summed E-state index contributed by atoms with van der Waals surface area (Å²) in [7, 11) is 0. The highest BCUT2D eigenvalue weighted by atomic mass is 32.1. The summed E-state index contributed by atoms with van der Waals surface area (Å²) >= 11 is 3.25. The zero-order valence-electron chi connectivity index (χ0n) is 26.6. The molecular weight excluding hydrogens is 613 g/mol. The lowest BCUT2D eigenvalue weighted by atomic mass is 9.72. The SMILES string of the molecule is Cc1nn(-c2ccccc2)c2sc(C(=O)NCCNc3nc(COc4ccccc4)nc4sc5c(c34)CC[C@@H](C(C)(C)C)C5)cc12. The smallest absolute Gasteiger partial charge is 0.261 e. The molecule has 0 spiro atoms. The van der Waals surface area contributed by atoms with Gasteiger partial charge in [-0.1, -0.05) is 57.2 Å². The van der Waals surface area contributed by atoms with Crippen LogP contribution < -0.4 is 15.4 Å². The fraction of sp³-hybridized carbons (Fsp3) is 0.333. The van der Waals surface area contributed by atoms with Crippen molar-refractivity contribution in [2.45, 2.75) is 53.6 Å². The number of anilines is 1. The van der Waals surface area contributed by atoms with E-state index in [-0.39, 0.29) is 17.9 Å². The number of aromatic nitrogens is 4. The summed E-state index contributed by atoms with van der Waals surface area (Å²) in [6, 6.07) is 21.7. The van der Waals surface area contributed by atoms with E-state index in [9.17, 15) is 4.79 Å². The normalized spacial score (nSPS) is 14.8. The molecule has 10 heteroatoms. The first-order valence-electron chi connectivity index (χ1n) is 15.8. The van der Waals surface area contributed by atoms with Crippen molar-refractivity contribution in [2.24, 2.45) is 11.3 Å². The lowest BCUT2D eigenvalue weighted by molar-refractivity contribution is 0.0959. The quantitative estimate of drug-likeness (QED) is 0.154. The van der Waals surface area contributed by atoms with Gasteiger partial charge in [-0.15, -0.1) is 22.7 Å². The van der Waals surface area contributed by atoms with Gasteiger partial charge in [0.05, 0.1) is 21.6 Å². The van der Waals surface area contributed by atoms with Crippen LogP contribution in [0.15, 0.2) is 66.7 Å². The second kappa shape index (κ2) is 12.5. The molecule has 1 aliphatic rings. The van der Waals surface area contributed by atoms with Gasteiger partial charge in [0.1, 0.15) is 27.8 Å². The second-order valence-corrected chi connectivity index (χ2v) is 15.0. The zero-order valence-corrected chi connectivity index (χ0v) is 28.2.